The summed E-state index contributed by atoms with van der Waals surface area (Å²) in [7, 11) is 2.96. The van der Waals surface area contributed by atoms with Crippen LogP contribution in [-0.4, -0.2) is 24.1 Å². The number of halogens is 2. The quantitative estimate of drug-likeness (QED) is 0.865. The predicted molar refractivity (Wildman–Crippen MR) is 80.4 cm³/mol. The minimum absolute atomic E-state index is 0.0658. The molecule has 0 atom stereocenters. The van der Waals surface area contributed by atoms with Crippen molar-refractivity contribution in [3.8, 4) is 0 Å². The van der Waals surface area contributed by atoms with E-state index in [-0.39, 0.29) is 15.8 Å². The number of benzene rings is 1. The lowest BCUT2D eigenvalue weighted by atomic mass is 10.3. The van der Waals surface area contributed by atoms with Crippen LogP contribution in [0.5, 0.6) is 0 Å². The van der Waals surface area contributed by atoms with Crippen molar-refractivity contribution in [1.29, 1.82) is 0 Å². The number of anilines is 1. The molecule has 6 nitrogen and oxygen atoms in total. The summed E-state index contributed by atoms with van der Waals surface area (Å²) in [5, 5.41) is 6.61. The number of carbonyl (C=O) groups excluding carboxylic acids is 1. The highest BCUT2D eigenvalue weighted by Crippen LogP contribution is 2.27. The Balaban J connectivity index is 2.27. The molecule has 0 fully saturated rings. The van der Waals surface area contributed by atoms with E-state index in [0.29, 0.717) is 17.1 Å². The van der Waals surface area contributed by atoms with Crippen LogP contribution in [0, 0.1) is 6.92 Å². The zero-order valence-corrected chi connectivity index (χ0v) is 13.4. The van der Waals surface area contributed by atoms with Gasteiger partial charge in [-0.1, -0.05) is 11.6 Å². The predicted octanol–water partition coefficient (Wildman–Crippen LogP) is 2.56. The molecule has 1 N–H and O–H groups in total. The number of nitrogens with zero attached hydrogens (tertiary/aromatic N) is 2. The summed E-state index contributed by atoms with van der Waals surface area (Å²) in [4.78, 5) is 11.9. The minimum atomic E-state index is -3.92. The molecule has 2 aromatic rings. The zero-order valence-electron chi connectivity index (χ0n) is 11.1. The Morgan fingerprint density at radius 1 is 1.33 bits per heavy atom. The summed E-state index contributed by atoms with van der Waals surface area (Å²) >= 11 is 5.85. The standard InChI is InChI=1S/C12H11Cl2N3O3S/c1-7-5-10(17(2)16-7)12(18)15-8-3-4-11(9(13)6-8)21(14,19)20/h3-6H,1-2H3,(H,15,18). The van der Waals surface area contributed by atoms with Crippen molar-refractivity contribution >= 4 is 42.9 Å². The second kappa shape index (κ2) is 5.67. The number of hydrogen-bond acceptors (Lipinski definition) is 4. The maximum Gasteiger partial charge on any atom is 0.273 e. The molecular weight excluding hydrogens is 337 g/mol. The summed E-state index contributed by atoms with van der Waals surface area (Å²) in [5.41, 5.74) is 1.44. The molecule has 21 heavy (non-hydrogen) atoms. The van der Waals surface area contributed by atoms with E-state index in [4.69, 9.17) is 22.3 Å². The number of aromatic nitrogens is 2. The summed E-state index contributed by atoms with van der Waals surface area (Å²) in [6.45, 7) is 1.77. The summed E-state index contributed by atoms with van der Waals surface area (Å²) in [6.07, 6.45) is 0. The molecule has 0 aliphatic rings. The van der Waals surface area contributed by atoms with E-state index in [1.54, 1.807) is 20.0 Å². The molecule has 0 unspecified atom stereocenters. The molecule has 0 spiro atoms. The second-order valence-corrected chi connectivity index (χ2v) is 7.27. The van der Waals surface area contributed by atoms with Crippen LogP contribution >= 0.6 is 22.3 Å². The van der Waals surface area contributed by atoms with E-state index < -0.39 is 9.05 Å². The Labute approximate surface area is 131 Å². The van der Waals surface area contributed by atoms with Gasteiger partial charge in [0.25, 0.3) is 15.0 Å². The van der Waals surface area contributed by atoms with E-state index in [2.05, 4.69) is 10.4 Å². The summed E-state index contributed by atoms with van der Waals surface area (Å²) in [6, 6.07) is 5.59. The van der Waals surface area contributed by atoms with Gasteiger partial charge >= 0.3 is 0 Å². The van der Waals surface area contributed by atoms with Crippen LogP contribution in [0.15, 0.2) is 29.2 Å². The monoisotopic (exact) mass is 347 g/mol. The fraction of sp³-hybridized carbons (Fsp3) is 0.167. The van der Waals surface area contributed by atoms with Gasteiger partial charge in [0.2, 0.25) is 0 Å². The maximum absolute atomic E-state index is 12.1. The third-order valence-electron chi connectivity index (χ3n) is 2.69. The molecule has 0 aliphatic heterocycles. The molecule has 1 amide bonds. The fourth-order valence-electron chi connectivity index (χ4n) is 1.79. The van der Waals surface area contributed by atoms with Crippen molar-refractivity contribution in [1.82, 2.24) is 9.78 Å². The van der Waals surface area contributed by atoms with Crippen LogP contribution in [-0.2, 0) is 16.1 Å². The lowest BCUT2D eigenvalue weighted by Crippen LogP contribution is -2.16. The lowest BCUT2D eigenvalue weighted by molar-refractivity contribution is 0.101. The van der Waals surface area contributed by atoms with Crippen molar-refractivity contribution < 1.29 is 13.2 Å². The molecule has 0 aliphatic carbocycles. The van der Waals surface area contributed by atoms with E-state index >= 15 is 0 Å². The van der Waals surface area contributed by atoms with E-state index in [0.717, 1.165) is 0 Å². The Bertz CT molecular complexity index is 815. The van der Waals surface area contributed by atoms with Gasteiger partial charge in [0.15, 0.2) is 0 Å². The highest BCUT2D eigenvalue weighted by Gasteiger charge is 2.17. The fourth-order valence-corrected chi connectivity index (χ4v) is 3.32. The normalized spacial score (nSPS) is 11.4. The van der Waals surface area contributed by atoms with Gasteiger partial charge in [0.1, 0.15) is 10.6 Å². The van der Waals surface area contributed by atoms with Crippen LogP contribution in [0.4, 0.5) is 5.69 Å². The molecule has 1 heterocycles. The molecule has 1 aromatic heterocycles. The number of aryl methyl sites for hydroxylation is 2. The Kier molecular flexibility index (Phi) is 4.27. The van der Waals surface area contributed by atoms with Gasteiger partial charge in [-0.05, 0) is 31.2 Å². The molecular formula is C12H11Cl2N3O3S. The first kappa shape index (κ1) is 15.8. The zero-order chi connectivity index (χ0) is 15.8. The van der Waals surface area contributed by atoms with Crippen LogP contribution in [0.1, 0.15) is 16.2 Å². The van der Waals surface area contributed by atoms with Crippen molar-refractivity contribution in [2.45, 2.75) is 11.8 Å². The third-order valence-corrected chi connectivity index (χ3v) is 4.49. The van der Waals surface area contributed by atoms with Gasteiger partial charge in [-0.15, -0.1) is 0 Å². The van der Waals surface area contributed by atoms with Crippen molar-refractivity contribution in [2.24, 2.45) is 7.05 Å². The Morgan fingerprint density at radius 3 is 2.48 bits per heavy atom. The van der Waals surface area contributed by atoms with Gasteiger partial charge in [0.05, 0.1) is 10.7 Å². The molecule has 2 rings (SSSR count). The van der Waals surface area contributed by atoms with Crippen LogP contribution in [0.25, 0.3) is 0 Å². The molecule has 112 valence electrons. The van der Waals surface area contributed by atoms with Gasteiger partial charge in [-0.2, -0.15) is 5.10 Å². The molecule has 1 aromatic carbocycles. The molecule has 0 bridgehead atoms. The van der Waals surface area contributed by atoms with Gasteiger partial charge in [-0.25, -0.2) is 8.42 Å². The Hall–Kier alpha value is -1.57. The number of rotatable bonds is 3. The first-order valence-corrected chi connectivity index (χ1v) is 8.43. The topological polar surface area (TPSA) is 81.1 Å². The number of nitrogens with one attached hydrogen (secondary N) is 1. The van der Waals surface area contributed by atoms with E-state index in [1.165, 1.54) is 22.9 Å². The van der Waals surface area contributed by atoms with Crippen molar-refractivity contribution in [2.75, 3.05) is 5.32 Å². The molecule has 9 heteroatoms. The minimum Gasteiger partial charge on any atom is -0.321 e. The first-order chi connectivity index (χ1) is 9.68. The van der Waals surface area contributed by atoms with Crippen LogP contribution in [0.3, 0.4) is 0 Å². The average Bonchev–Trinajstić information content (AvgIpc) is 2.67. The number of amides is 1. The summed E-state index contributed by atoms with van der Waals surface area (Å²) < 4.78 is 23.9. The highest BCUT2D eigenvalue weighted by molar-refractivity contribution is 8.13. The van der Waals surface area contributed by atoms with Gasteiger partial charge in [0, 0.05) is 23.4 Å². The second-order valence-electron chi connectivity index (χ2n) is 4.33. The van der Waals surface area contributed by atoms with Crippen LogP contribution < -0.4 is 5.32 Å². The average molecular weight is 348 g/mol. The molecule has 0 saturated carbocycles. The largest absolute Gasteiger partial charge is 0.321 e. The van der Waals surface area contributed by atoms with E-state index in [1.807, 2.05) is 0 Å². The van der Waals surface area contributed by atoms with Gasteiger partial charge in [-0.3, -0.25) is 9.48 Å². The van der Waals surface area contributed by atoms with Gasteiger partial charge < -0.3 is 5.32 Å². The molecule has 0 radical (unpaired) electrons. The third kappa shape index (κ3) is 3.55. The first-order valence-electron chi connectivity index (χ1n) is 5.74. The van der Waals surface area contributed by atoms with Crippen molar-refractivity contribution in [3.05, 3.63) is 40.7 Å². The SMILES string of the molecule is Cc1cc(C(=O)Nc2ccc(S(=O)(=O)Cl)c(Cl)c2)n(C)n1. The number of hydrogen-bond donors (Lipinski definition) is 1. The van der Waals surface area contributed by atoms with Crippen molar-refractivity contribution in [3.63, 3.8) is 0 Å². The Morgan fingerprint density at radius 2 is 2.00 bits per heavy atom. The smallest absolute Gasteiger partial charge is 0.273 e. The lowest BCUT2D eigenvalue weighted by Gasteiger charge is -2.07. The van der Waals surface area contributed by atoms with E-state index in [9.17, 15) is 13.2 Å². The summed E-state index contributed by atoms with van der Waals surface area (Å²) in [5.74, 6) is -0.379. The number of carbonyl (C=O) groups is 1. The van der Waals surface area contributed by atoms with Crippen LogP contribution in [0.2, 0.25) is 5.02 Å². The molecule has 0 saturated heterocycles. The maximum atomic E-state index is 12.1. The highest BCUT2D eigenvalue weighted by atomic mass is 35.7.